The van der Waals surface area contributed by atoms with Crippen LogP contribution in [0.2, 0.25) is 5.02 Å². The van der Waals surface area contributed by atoms with Crippen molar-refractivity contribution >= 4 is 29.1 Å². The first-order valence-corrected chi connectivity index (χ1v) is 8.87. The number of hydrogen-bond acceptors (Lipinski definition) is 5. The van der Waals surface area contributed by atoms with Crippen molar-refractivity contribution in [2.24, 2.45) is 0 Å². The number of methoxy groups -OCH3 is 1. The van der Waals surface area contributed by atoms with Crippen LogP contribution < -0.4 is 14.4 Å². The standard InChI is InChI=1S/C20H19ClN2O4/c1-19(2)14-10-13(21)5-6-15(14)22(3)20(19)8-7-12-9-16(23(24)25)18(26-4)11-17(12)27-20/h5-11H,1-4H3. The molecule has 6 nitrogen and oxygen atoms in total. The zero-order chi connectivity index (χ0) is 19.6. The zero-order valence-corrected chi connectivity index (χ0v) is 16.2. The van der Waals surface area contributed by atoms with Gasteiger partial charge in [0.25, 0.3) is 0 Å². The van der Waals surface area contributed by atoms with Crippen LogP contribution in [0.3, 0.4) is 0 Å². The number of benzene rings is 2. The number of halogens is 1. The third kappa shape index (κ3) is 2.26. The molecule has 0 saturated heterocycles. The van der Waals surface area contributed by atoms with Crippen LogP contribution in [0.25, 0.3) is 6.08 Å². The molecule has 4 rings (SSSR count). The van der Waals surface area contributed by atoms with E-state index in [2.05, 4.69) is 18.7 Å². The normalized spacial score (nSPS) is 21.6. The van der Waals surface area contributed by atoms with Gasteiger partial charge in [0.05, 0.1) is 17.4 Å². The van der Waals surface area contributed by atoms with Gasteiger partial charge in [-0.25, -0.2) is 0 Å². The summed E-state index contributed by atoms with van der Waals surface area (Å²) in [4.78, 5) is 12.9. The molecule has 0 aromatic heterocycles. The van der Waals surface area contributed by atoms with Crippen molar-refractivity contribution < 1.29 is 14.4 Å². The van der Waals surface area contributed by atoms with Gasteiger partial charge in [-0.3, -0.25) is 10.1 Å². The summed E-state index contributed by atoms with van der Waals surface area (Å²) in [6.07, 6.45) is 3.83. The predicted molar refractivity (Wildman–Crippen MR) is 105 cm³/mol. The highest BCUT2D eigenvalue weighted by Gasteiger charge is 2.57. The first-order valence-electron chi connectivity index (χ1n) is 8.50. The molecule has 0 bridgehead atoms. The first kappa shape index (κ1) is 17.7. The van der Waals surface area contributed by atoms with E-state index in [-0.39, 0.29) is 11.4 Å². The molecule has 2 aliphatic rings. The fraction of sp³-hybridized carbons (Fsp3) is 0.300. The molecule has 2 aromatic carbocycles. The van der Waals surface area contributed by atoms with Gasteiger partial charge in [0.15, 0.2) is 0 Å². The lowest BCUT2D eigenvalue weighted by molar-refractivity contribution is -0.385. The molecule has 0 amide bonds. The van der Waals surface area contributed by atoms with E-state index in [1.54, 1.807) is 6.07 Å². The van der Waals surface area contributed by atoms with E-state index >= 15 is 0 Å². The molecule has 1 atom stereocenters. The maximum atomic E-state index is 11.3. The second-order valence-electron chi connectivity index (χ2n) is 7.30. The van der Waals surface area contributed by atoms with Gasteiger partial charge in [-0.15, -0.1) is 0 Å². The van der Waals surface area contributed by atoms with Gasteiger partial charge in [0.1, 0.15) is 5.75 Å². The van der Waals surface area contributed by atoms with E-state index in [1.165, 1.54) is 13.2 Å². The Balaban J connectivity index is 1.87. The third-order valence-corrected chi connectivity index (χ3v) is 5.88. The lowest BCUT2D eigenvalue weighted by Gasteiger charge is -2.45. The first-order chi connectivity index (χ1) is 12.7. The Morgan fingerprint density at radius 3 is 2.67 bits per heavy atom. The Bertz CT molecular complexity index is 1000. The molecule has 1 spiro atoms. The maximum Gasteiger partial charge on any atom is 0.311 e. The topological polar surface area (TPSA) is 64.8 Å². The van der Waals surface area contributed by atoms with Crippen molar-refractivity contribution in [3.05, 3.63) is 62.7 Å². The van der Waals surface area contributed by atoms with E-state index in [0.717, 1.165) is 11.3 Å². The number of hydrogen-bond donors (Lipinski definition) is 0. The number of fused-ring (bicyclic) bond motifs is 2. The average molecular weight is 387 g/mol. The second kappa shape index (κ2) is 5.63. The van der Waals surface area contributed by atoms with Gasteiger partial charge in [-0.2, -0.15) is 0 Å². The summed E-state index contributed by atoms with van der Waals surface area (Å²) >= 11 is 6.24. The minimum Gasteiger partial charge on any atom is -0.490 e. The fourth-order valence-electron chi connectivity index (χ4n) is 4.10. The lowest BCUT2D eigenvalue weighted by atomic mass is 9.76. The Morgan fingerprint density at radius 1 is 1.26 bits per heavy atom. The molecular weight excluding hydrogens is 368 g/mol. The van der Waals surface area contributed by atoms with Crippen LogP contribution in [0.1, 0.15) is 25.0 Å². The largest absolute Gasteiger partial charge is 0.490 e. The van der Waals surface area contributed by atoms with E-state index in [9.17, 15) is 10.1 Å². The molecule has 7 heteroatoms. The third-order valence-electron chi connectivity index (χ3n) is 5.65. The van der Waals surface area contributed by atoms with Gasteiger partial charge in [0.2, 0.25) is 11.5 Å². The van der Waals surface area contributed by atoms with Crippen LogP contribution in [-0.4, -0.2) is 24.8 Å². The summed E-state index contributed by atoms with van der Waals surface area (Å²) in [7, 11) is 3.38. The Kier molecular flexibility index (Phi) is 3.69. The Hall–Kier alpha value is -2.73. The van der Waals surface area contributed by atoms with Crippen LogP contribution in [0.5, 0.6) is 11.5 Å². The summed E-state index contributed by atoms with van der Waals surface area (Å²) in [5.41, 5.74) is 1.48. The minimum absolute atomic E-state index is 0.0884. The van der Waals surface area contributed by atoms with Crippen molar-refractivity contribution in [3.8, 4) is 11.5 Å². The van der Waals surface area contributed by atoms with E-state index in [1.807, 2.05) is 37.4 Å². The molecule has 2 aromatic rings. The minimum atomic E-state index is -0.784. The molecule has 0 aliphatic carbocycles. The average Bonchev–Trinajstić information content (AvgIpc) is 2.79. The van der Waals surface area contributed by atoms with Crippen molar-refractivity contribution in [3.63, 3.8) is 0 Å². The van der Waals surface area contributed by atoms with Crippen molar-refractivity contribution in [1.29, 1.82) is 0 Å². The van der Waals surface area contributed by atoms with E-state index in [0.29, 0.717) is 16.3 Å². The SMILES string of the molecule is COc1cc2c(cc1[N+](=O)[O-])C=CC1(O2)N(C)c2ccc(Cl)cc2C1(C)C. The molecule has 0 N–H and O–H groups in total. The van der Waals surface area contributed by atoms with Gasteiger partial charge < -0.3 is 14.4 Å². The van der Waals surface area contributed by atoms with Gasteiger partial charge in [-0.05, 0) is 49.8 Å². The van der Waals surface area contributed by atoms with E-state index in [4.69, 9.17) is 21.1 Å². The van der Waals surface area contributed by atoms with Gasteiger partial charge in [-0.1, -0.05) is 11.6 Å². The molecule has 2 aliphatic heterocycles. The monoisotopic (exact) mass is 386 g/mol. The maximum absolute atomic E-state index is 11.3. The quantitative estimate of drug-likeness (QED) is 0.548. The molecule has 0 fully saturated rings. The molecule has 2 heterocycles. The van der Waals surface area contributed by atoms with Crippen molar-refractivity contribution in [2.45, 2.75) is 25.0 Å². The van der Waals surface area contributed by atoms with Crippen LogP contribution in [0.4, 0.5) is 11.4 Å². The van der Waals surface area contributed by atoms with Gasteiger partial charge in [0, 0.05) is 35.5 Å². The summed E-state index contributed by atoms with van der Waals surface area (Å²) in [5.74, 6) is 0.710. The molecule has 140 valence electrons. The molecular formula is C20H19ClN2O4. The number of nitro groups is 1. The highest BCUT2D eigenvalue weighted by atomic mass is 35.5. The number of likely N-dealkylation sites (N-methyl/N-ethyl adjacent to an activating group) is 1. The van der Waals surface area contributed by atoms with Crippen molar-refractivity contribution in [1.82, 2.24) is 0 Å². The Labute approximate surface area is 162 Å². The van der Waals surface area contributed by atoms with E-state index < -0.39 is 16.1 Å². The summed E-state index contributed by atoms with van der Waals surface area (Å²) in [6, 6.07) is 8.86. The van der Waals surface area contributed by atoms with Crippen LogP contribution in [0.15, 0.2) is 36.4 Å². The number of nitrogens with zero attached hydrogens (tertiary/aromatic N) is 2. The number of anilines is 1. The summed E-state index contributed by atoms with van der Waals surface area (Å²) in [5, 5.41) is 12.0. The van der Waals surface area contributed by atoms with Crippen LogP contribution in [-0.2, 0) is 5.41 Å². The zero-order valence-electron chi connectivity index (χ0n) is 15.4. The summed E-state index contributed by atoms with van der Waals surface area (Å²) < 4.78 is 11.7. The fourth-order valence-corrected chi connectivity index (χ4v) is 4.28. The smallest absolute Gasteiger partial charge is 0.311 e. The molecule has 27 heavy (non-hydrogen) atoms. The van der Waals surface area contributed by atoms with Crippen LogP contribution in [0, 0.1) is 10.1 Å². The highest BCUT2D eigenvalue weighted by molar-refractivity contribution is 6.30. The van der Waals surface area contributed by atoms with Crippen molar-refractivity contribution in [2.75, 3.05) is 19.1 Å². The van der Waals surface area contributed by atoms with Gasteiger partial charge >= 0.3 is 5.69 Å². The molecule has 0 radical (unpaired) electrons. The molecule has 1 unspecified atom stereocenters. The molecule has 0 saturated carbocycles. The lowest BCUT2D eigenvalue weighted by Crippen LogP contribution is -2.58. The Morgan fingerprint density at radius 2 is 2.00 bits per heavy atom. The number of rotatable bonds is 2. The predicted octanol–water partition coefficient (Wildman–Crippen LogP) is 4.79. The number of nitro benzene ring substituents is 1. The number of ether oxygens (including phenoxy) is 2. The summed E-state index contributed by atoms with van der Waals surface area (Å²) in [6.45, 7) is 4.20. The highest BCUT2D eigenvalue weighted by Crippen LogP contribution is 2.55. The second-order valence-corrected chi connectivity index (χ2v) is 7.73. The van der Waals surface area contributed by atoms with Crippen LogP contribution >= 0.6 is 11.6 Å².